The summed E-state index contributed by atoms with van der Waals surface area (Å²) >= 11 is 0. The number of methoxy groups -OCH3 is 3. The van der Waals surface area contributed by atoms with Gasteiger partial charge in [0.25, 0.3) is 0 Å². The summed E-state index contributed by atoms with van der Waals surface area (Å²) in [6.07, 6.45) is 4.50. The number of nitrogens with two attached hydrogens (primary N) is 1. The molecule has 0 saturated heterocycles. The summed E-state index contributed by atoms with van der Waals surface area (Å²) < 4.78 is 16.3. The second-order valence-corrected chi connectivity index (χ2v) is 5.29. The van der Waals surface area contributed by atoms with E-state index >= 15 is 0 Å². The van der Waals surface area contributed by atoms with E-state index < -0.39 is 0 Å². The topological polar surface area (TPSA) is 53.7 Å². The van der Waals surface area contributed by atoms with Crippen LogP contribution in [-0.2, 0) is 0 Å². The predicted octanol–water partition coefficient (Wildman–Crippen LogP) is 3.93. The molecule has 0 aliphatic heterocycles. The van der Waals surface area contributed by atoms with E-state index in [0.717, 1.165) is 31.2 Å². The van der Waals surface area contributed by atoms with E-state index in [0.29, 0.717) is 23.2 Å². The van der Waals surface area contributed by atoms with Gasteiger partial charge >= 0.3 is 0 Å². The van der Waals surface area contributed by atoms with Gasteiger partial charge in [0.05, 0.1) is 21.3 Å². The van der Waals surface area contributed by atoms with Crippen molar-refractivity contribution in [3.63, 3.8) is 0 Å². The minimum Gasteiger partial charge on any atom is -0.493 e. The largest absolute Gasteiger partial charge is 0.493 e. The Labute approximate surface area is 128 Å². The minimum absolute atomic E-state index is 0.0559. The molecule has 0 radical (unpaired) electrons. The fourth-order valence-corrected chi connectivity index (χ4v) is 2.89. The van der Waals surface area contributed by atoms with E-state index in [2.05, 4.69) is 13.8 Å². The minimum atomic E-state index is -0.0559. The fourth-order valence-electron chi connectivity index (χ4n) is 2.89. The molecule has 21 heavy (non-hydrogen) atoms. The maximum Gasteiger partial charge on any atom is 0.203 e. The normalized spacial score (nSPS) is 12.3. The van der Waals surface area contributed by atoms with Gasteiger partial charge in [0.1, 0.15) is 0 Å². The van der Waals surface area contributed by atoms with Crippen molar-refractivity contribution in [2.75, 3.05) is 21.3 Å². The highest BCUT2D eigenvalue weighted by Crippen LogP contribution is 2.43. The number of rotatable bonds is 9. The molecule has 1 rings (SSSR count). The molecule has 1 atom stereocenters. The summed E-state index contributed by atoms with van der Waals surface area (Å²) in [7, 11) is 4.88. The molecule has 120 valence electrons. The summed E-state index contributed by atoms with van der Waals surface area (Å²) in [5.41, 5.74) is 7.51. The molecule has 1 aromatic carbocycles. The summed E-state index contributed by atoms with van der Waals surface area (Å²) in [5.74, 6) is 2.40. The van der Waals surface area contributed by atoms with Crippen molar-refractivity contribution in [2.45, 2.75) is 45.6 Å². The van der Waals surface area contributed by atoms with E-state index in [1.165, 1.54) is 0 Å². The van der Waals surface area contributed by atoms with Crippen LogP contribution in [0.15, 0.2) is 12.1 Å². The molecule has 0 aliphatic carbocycles. The van der Waals surface area contributed by atoms with Gasteiger partial charge in [0.15, 0.2) is 11.5 Å². The van der Waals surface area contributed by atoms with Gasteiger partial charge in [-0.25, -0.2) is 0 Å². The first-order valence-electron chi connectivity index (χ1n) is 7.68. The lowest BCUT2D eigenvalue weighted by molar-refractivity contribution is 0.311. The zero-order valence-corrected chi connectivity index (χ0v) is 13.9. The van der Waals surface area contributed by atoms with Crippen molar-refractivity contribution < 1.29 is 14.2 Å². The summed E-state index contributed by atoms with van der Waals surface area (Å²) in [6.45, 7) is 4.39. The van der Waals surface area contributed by atoms with Crippen molar-refractivity contribution in [1.82, 2.24) is 0 Å². The van der Waals surface area contributed by atoms with Crippen LogP contribution < -0.4 is 19.9 Å². The first-order valence-corrected chi connectivity index (χ1v) is 7.68. The number of benzene rings is 1. The average Bonchev–Trinajstić information content (AvgIpc) is 2.52. The van der Waals surface area contributed by atoms with Crippen molar-refractivity contribution >= 4 is 0 Å². The molecule has 0 bridgehead atoms. The highest BCUT2D eigenvalue weighted by molar-refractivity contribution is 5.56. The lowest BCUT2D eigenvalue weighted by Crippen LogP contribution is -2.22. The Kier molecular flexibility index (Phi) is 7.37. The Hall–Kier alpha value is -1.42. The van der Waals surface area contributed by atoms with E-state index in [9.17, 15) is 0 Å². The van der Waals surface area contributed by atoms with Crippen molar-refractivity contribution in [3.05, 3.63) is 17.7 Å². The third-order valence-electron chi connectivity index (χ3n) is 3.92. The van der Waals surface area contributed by atoms with Crippen molar-refractivity contribution in [2.24, 2.45) is 11.7 Å². The molecule has 4 heteroatoms. The Bertz CT molecular complexity index is 428. The quantitative estimate of drug-likeness (QED) is 0.750. The molecule has 0 aliphatic rings. The standard InChI is InChI=1S/C17H29NO3/c1-6-8-12(9-7-2)15(18)13-10-11-14(19-3)17(21-5)16(13)20-4/h10-12,15H,6-9,18H2,1-5H3. The van der Waals surface area contributed by atoms with Gasteiger partial charge in [-0.3, -0.25) is 0 Å². The molecule has 0 aromatic heterocycles. The second kappa shape index (κ2) is 8.78. The number of hydrogen-bond acceptors (Lipinski definition) is 4. The Morgan fingerprint density at radius 1 is 0.905 bits per heavy atom. The molecule has 0 spiro atoms. The smallest absolute Gasteiger partial charge is 0.203 e. The highest BCUT2D eigenvalue weighted by Gasteiger charge is 2.25. The monoisotopic (exact) mass is 295 g/mol. The van der Waals surface area contributed by atoms with Gasteiger partial charge in [-0.05, 0) is 30.9 Å². The molecule has 0 fully saturated rings. The van der Waals surface area contributed by atoms with E-state index in [1.807, 2.05) is 12.1 Å². The molecular weight excluding hydrogens is 266 g/mol. The fraction of sp³-hybridized carbons (Fsp3) is 0.647. The molecule has 2 N–H and O–H groups in total. The summed E-state index contributed by atoms with van der Waals surface area (Å²) in [5, 5.41) is 0. The van der Waals surface area contributed by atoms with Crippen LogP contribution in [0.1, 0.15) is 51.1 Å². The van der Waals surface area contributed by atoms with Crippen LogP contribution in [0.25, 0.3) is 0 Å². The molecular formula is C17H29NO3. The van der Waals surface area contributed by atoms with Crippen LogP contribution in [0.3, 0.4) is 0 Å². The first kappa shape index (κ1) is 17.6. The molecule has 1 unspecified atom stereocenters. The highest BCUT2D eigenvalue weighted by atomic mass is 16.5. The molecule has 1 aromatic rings. The van der Waals surface area contributed by atoms with Crippen LogP contribution in [0.4, 0.5) is 0 Å². The molecule has 0 heterocycles. The van der Waals surface area contributed by atoms with Crippen LogP contribution in [0, 0.1) is 5.92 Å². The van der Waals surface area contributed by atoms with Crippen LogP contribution in [0.2, 0.25) is 0 Å². The zero-order valence-electron chi connectivity index (χ0n) is 13.9. The van der Waals surface area contributed by atoms with Gasteiger partial charge in [0.2, 0.25) is 5.75 Å². The van der Waals surface area contributed by atoms with E-state index in [1.54, 1.807) is 21.3 Å². The number of ether oxygens (including phenoxy) is 3. The Morgan fingerprint density at radius 2 is 1.48 bits per heavy atom. The SMILES string of the molecule is CCCC(CCC)C(N)c1ccc(OC)c(OC)c1OC. The first-order chi connectivity index (χ1) is 10.1. The van der Waals surface area contributed by atoms with Gasteiger partial charge in [-0.15, -0.1) is 0 Å². The molecule has 0 saturated carbocycles. The van der Waals surface area contributed by atoms with E-state index in [4.69, 9.17) is 19.9 Å². The molecule has 0 amide bonds. The summed E-state index contributed by atoms with van der Waals surface area (Å²) in [4.78, 5) is 0. The third kappa shape index (κ3) is 4.03. The van der Waals surface area contributed by atoms with E-state index in [-0.39, 0.29) is 6.04 Å². The van der Waals surface area contributed by atoms with Crippen molar-refractivity contribution in [1.29, 1.82) is 0 Å². The van der Waals surface area contributed by atoms with Crippen molar-refractivity contribution in [3.8, 4) is 17.2 Å². The average molecular weight is 295 g/mol. The third-order valence-corrected chi connectivity index (χ3v) is 3.92. The zero-order chi connectivity index (χ0) is 15.8. The van der Waals surface area contributed by atoms with Gasteiger partial charge in [-0.1, -0.05) is 26.7 Å². The van der Waals surface area contributed by atoms with Crippen LogP contribution in [-0.4, -0.2) is 21.3 Å². The predicted molar refractivity (Wildman–Crippen MR) is 86.3 cm³/mol. The van der Waals surface area contributed by atoms with Gasteiger partial charge in [-0.2, -0.15) is 0 Å². The lowest BCUT2D eigenvalue weighted by atomic mass is 9.86. The van der Waals surface area contributed by atoms with Gasteiger partial charge in [0, 0.05) is 11.6 Å². The number of hydrogen-bond donors (Lipinski definition) is 1. The Balaban J connectivity index is 3.21. The maximum atomic E-state index is 6.53. The maximum absolute atomic E-state index is 6.53. The van der Waals surface area contributed by atoms with Crippen LogP contribution in [0.5, 0.6) is 17.2 Å². The summed E-state index contributed by atoms with van der Waals surface area (Å²) in [6, 6.07) is 3.83. The van der Waals surface area contributed by atoms with Gasteiger partial charge < -0.3 is 19.9 Å². The Morgan fingerprint density at radius 3 is 1.90 bits per heavy atom. The van der Waals surface area contributed by atoms with Crippen LogP contribution >= 0.6 is 0 Å². The lowest BCUT2D eigenvalue weighted by Gasteiger charge is -2.26. The second-order valence-electron chi connectivity index (χ2n) is 5.29. The molecule has 4 nitrogen and oxygen atoms in total.